The van der Waals surface area contributed by atoms with Gasteiger partial charge in [-0.2, -0.15) is 5.10 Å². The van der Waals surface area contributed by atoms with Crippen molar-refractivity contribution < 1.29 is 4.79 Å². The number of nitrogens with one attached hydrogen (secondary N) is 1. The second kappa shape index (κ2) is 7.88. The van der Waals surface area contributed by atoms with Crippen LogP contribution in [0, 0.1) is 0 Å². The summed E-state index contributed by atoms with van der Waals surface area (Å²) in [5, 5.41) is 11.1. The third-order valence-electron chi connectivity index (χ3n) is 5.62. The lowest BCUT2D eigenvalue weighted by Gasteiger charge is -2.26. The van der Waals surface area contributed by atoms with Gasteiger partial charge in [-0.3, -0.25) is 9.59 Å². The van der Waals surface area contributed by atoms with Crippen molar-refractivity contribution in [1.29, 1.82) is 0 Å². The van der Waals surface area contributed by atoms with E-state index in [0.29, 0.717) is 5.39 Å². The highest BCUT2D eigenvalue weighted by Crippen LogP contribution is 2.30. The molecule has 5 nitrogen and oxygen atoms in total. The zero-order chi connectivity index (χ0) is 20.5. The number of hydrogen-bond donors (Lipinski definition) is 1. The Hall–Kier alpha value is -3.25. The summed E-state index contributed by atoms with van der Waals surface area (Å²) in [4.78, 5) is 26.8. The fraction of sp³-hybridized carbons (Fsp3) is 0.208. The molecular formula is C24H21N3O2S. The van der Waals surface area contributed by atoms with Gasteiger partial charge in [0.1, 0.15) is 12.2 Å². The van der Waals surface area contributed by atoms with E-state index in [1.807, 2.05) is 47.8 Å². The largest absolute Gasteiger partial charge is 0.348 e. The topological polar surface area (TPSA) is 64.0 Å². The molecule has 5 rings (SSSR count). The summed E-state index contributed by atoms with van der Waals surface area (Å²) in [6.07, 6.45) is 2.99. The van der Waals surface area contributed by atoms with E-state index in [2.05, 4.69) is 22.5 Å². The van der Waals surface area contributed by atoms with Crippen molar-refractivity contribution in [2.45, 2.75) is 31.8 Å². The Kier molecular flexibility index (Phi) is 4.93. The minimum Gasteiger partial charge on any atom is -0.348 e. The highest BCUT2D eigenvalue weighted by molar-refractivity contribution is 7.13. The normalized spacial score (nSPS) is 15.7. The Labute approximate surface area is 178 Å². The summed E-state index contributed by atoms with van der Waals surface area (Å²) in [5.74, 6) is -0.196. The fourth-order valence-electron chi connectivity index (χ4n) is 4.22. The van der Waals surface area contributed by atoms with Crippen LogP contribution in [0.5, 0.6) is 0 Å². The van der Waals surface area contributed by atoms with Gasteiger partial charge in [-0.25, -0.2) is 4.68 Å². The summed E-state index contributed by atoms with van der Waals surface area (Å²) in [6, 6.07) is 19.6. The average molecular weight is 416 g/mol. The minimum absolute atomic E-state index is 0.0182. The highest BCUT2D eigenvalue weighted by atomic mass is 32.1. The van der Waals surface area contributed by atoms with E-state index in [0.717, 1.165) is 35.2 Å². The Morgan fingerprint density at radius 1 is 1.07 bits per heavy atom. The molecule has 1 N–H and O–H groups in total. The third-order valence-corrected chi connectivity index (χ3v) is 6.50. The monoisotopic (exact) mass is 415 g/mol. The Bertz CT molecular complexity index is 1280. The molecule has 1 unspecified atom stereocenters. The molecule has 30 heavy (non-hydrogen) atoms. The van der Waals surface area contributed by atoms with Crippen LogP contribution >= 0.6 is 11.3 Å². The van der Waals surface area contributed by atoms with Crippen LogP contribution in [-0.2, 0) is 17.8 Å². The van der Waals surface area contributed by atoms with Gasteiger partial charge < -0.3 is 5.32 Å². The first kappa shape index (κ1) is 18.8. The first-order valence-corrected chi connectivity index (χ1v) is 11.0. The molecule has 4 aromatic rings. The Morgan fingerprint density at radius 2 is 1.87 bits per heavy atom. The van der Waals surface area contributed by atoms with E-state index in [1.165, 1.54) is 15.8 Å². The first-order valence-electron chi connectivity index (χ1n) is 10.1. The highest BCUT2D eigenvalue weighted by Gasteiger charge is 2.22. The van der Waals surface area contributed by atoms with Crippen molar-refractivity contribution in [3.8, 4) is 10.6 Å². The van der Waals surface area contributed by atoms with Crippen LogP contribution in [0.25, 0.3) is 21.3 Å². The molecule has 0 spiro atoms. The second-order valence-electron chi connectivity index (χ2n) is 7.55. The molecule has 2 aromatic heterocycles. The maximum absolute atomic E-state index is 13.0. The number of hydrogen-bond acceptors (Lipinski definition) is 4. The van der Waals surface area contributed by atoms with Crippen LogP contribution in [0.3, 0.4) is 0 Å². The standard InChI is InChI=1S/C24H21N3O2S/c28-22(25-20-12-5-8-16-7-1-2-9-17(16)20)15-27-24(29)19-11-4-3-10-18(19)23(26-27)21-13-6-14-30-21/h1-4,6-7,9-11,13-14,20H,5,8,12,15H2,(H,25,28). The van der Waals surface area contributed by atoms with Gasteiger partial charge in [-0.1, -0.05) is 48.5 Å². The number of amides is 1. The third kappa shape index (κ3) is 3.44. The second-order valence-corrected chi connectivity index (χ2v) is 8.49. The van der Waals surface area contributed by atoms with Gasteiger partial charge in [0.15, 0.2) is 0 Å². The quantitative estimate of drug-likeness (QED) is 0.540. The number of fused-ring (bicyclic) bond motifs is 2. The van der Waals surface area contributed by atoms with Crippen LogP contribution in [0.4, 0.5) is 0 Å². The molecule has 6 heteroatoms. The zero-order valence-corrected chi connectivity index (χ0v) is 17.2. The molecule has 1 aliphatic carbocycles. The molecule has 1 atom stereocenters. The number of thiophene rings is 1. The van der Waals surface area contributed by atoms with Gasteiger partial charge >= 0.3 is 0 Å². The molecule has 2 aromatic carbocycles. The molecule has 0 aliphatic heterocycles. The van der Waals surface area contributed by atoms with E-state index in [1.54, 1.807) is 17.4 Å². The van der Waals surface area contributed by atoms with Crippen molar-refractivity contribution in [2.24, 2.45) is 0 Å². The van der Waals surface area contributed by atoms with Crippen LogP contribution in [-0.4, -0.2) is 15.7 Å². The Balaban J connectivity index is 1.47. The molecule has 0 saturated carbocycles. The average Bonchev–Trinajstić information content (AvgIpc) is 3.31. The number of carbonyl (C=O) groups is 1. The molecule has 2 heterocycles. The van der Waals surface area contributed by atoms with E-state index >= 15 is 0 Å². The van der Waals surface area contributed by atoms with E-state index < -0.39 is 0 Å². The number of rotatable bonds is 4. The maximum Gasteiger partial charge on any atom is 0.275 e. The smallest absolute Gasteiger partial charge is 0.275 e. The van der Waals surface area contributed by atoms with Crippen LogP contribution in [0.2, 0.25) is 0 Å². The maximum atomic E-state index is 13.0. The van der Waals surface area contributed by atoms with Crippen LogP contribution in [0.1, 0.15) is 30.0 Å². The molecule has 0 bridgehead atoms. The van der Waals surface area contributed by atoms with Crippen molar-refractivity contribution in [2.75, 3.05) is 0 Å². The molecule has 0 saturated heterocycles. The predicted molar refractivity (Wildman–Crippen MR) is 120 cm³/mol. The molecule has 150 valence electrons. The van der Waals surface area contributed by atoms with Crippen LogP contribution < -0.4 is 10.9 Å². The number of carbonyl (C=O) groups excluding carboxylic acids is 1. The SMILES string of the molecule is O=C(Cn1nc(-c2cccs2)c2ccccc2c1=O)NC1CCCc2ccccc21. The molecule has 0 radical (unpaired) electrons. The van der Waals surface area contributed by atoms with Gasteiger partial charge in [0.2, 0.25) is 5.91 Å². The number of aromatic nitrogens is 2. The molecular weight excluding hydrogens is 394 g/mol. The van der Waals surface area contributed by atoms with E-state index in [4.69, 9.17) is 0 Å². The Morgan fingerprint density at radius 3 is 2.70 bits per heavy atom. The van der Waals surface area contributed by atoms with Gasteiger partial charge in [0, 0.05) is 5.39 Å². The predicted octanol–water partition coefficient (Wildman–Crippen LogP) is 4.32. The number of aryl methyl sites for hydroxylation is 1. The summed E-state index contributed by atoms with van der Waals surface area (Å²) >= 11 is 1.57. The molecule has 0 fully saturated rings. The van der Waals surface area contributed by atoms with Crippen molar-refractivity contribution in [3.05, 3.63) is 87.5 Å². The van der Waals surface area contributed by atoms with Crippen LogP contribution in [0.15, 0.2) is 70.8 Å². The van der Waals surface area contributed by atoms with Gasteiger partial charge in [0.25, 0.3) is 5.56 Å². The summed E-state index contributed by atoms with van der Waals surface area (Å²) in [5.41, 5.74) is 2.95. The molecule has 1 amide bonds. The van der Waals surface area contributed by atoms with Gasteiger partial charge in [0.05, 0.1) is 16.3 Å². The van der Waals surface area contributed by atoms with E-state index in [-0.39, 0.29) is 24.1 Å². The lowest BCUT2D eigenvalue weighted by Crippen LogP contribution is -2.37. The summed E-state index contributed by atoms with van der Waals surface area (Å²) < 4.78 is 1.29. The van der Waals surface area contributed by atoms with Gasteiger partial charge in [-0.05, 0) is 47.9 Å². The van der Waals surface area contributed by atoms with Crippen molar-refractivity contribution in [1.82, 2.24) is 15.1 Å². The van der Waals surface area contributed by atoms with Gasteiger partial charge in [-0.15, -0.1) is 11.3 Å². The summed E-state index contributed by atoms with van der Waals surface area (Å²) in [7, 11) is 0. The number of benzene rings is 2. The molecule has 1 aliphatic rings. The number of nitrogens with zero attached hydrogens (tertiary/aromatic N) is 2. The lowest BCUT2D eigenvalue weighted by molar-refractivity contribution is -0.122. The van der Waals surface area contributed by atoms with Crippen molar-refractivity contribution in [3.63, 3.8) is 0 Å². The lowest BCUT2D eigenvalue weighted by atomic mass is 9.88. The fourth-order valence-corrected chi connectivity index (χ4v) is 4.94. The summed E-state index contributed by atoms with van der Waals surface area (Å²) in [6.45, 7) is -0.0965. The zero-order valence-electron chi connectivity index (χ0n) is 16.4. The minimum atomic E-state index is -0.245. The van der Waals surface area contributed by atoms with E-state index in [9.17, 15) is 9.59 Å². The first-order chi connectivity index (χ1) is 14.7. The van der Waals surface area contributed by atoms with Crippen molar-refractivity contribution >= 4 is 28.0 Å².